The van der Waals surface area contributed by atoms with E-state index >= 15 is 0 Å². The van der Waals surface area contributed by atoms with Crippen molar-refractivity contribution in [2.75, 3.05) is 0 Å². The number of aryl methyl sites for hydroxylation is 1. The fourth-order valence-electron chi connectivity index (χ4n) is 4.73. The van der Waals surface area contributed by atoms with E-state index < -0.39 is 11.6 Å². The van der Waals surface area contributed by atoms with Crippen molar-refractivity contribution in [1.29, 1.82) is 0 Å². The van der Waals surface area contributed by atoms with Gasteiger partial charge in [-0.25, -0.2) is 14.6 Å². The Kier molecular flexibility index (Phi) is 5.07. The highest BCUT2D eigenvalue weighted by Gasteiger charge is 2.28. The molecule has 6 rings (SSSR count). The topological polar surface area (TPSA) is 82.5 Å². The number of esters is 1. The quantitative estimate of drug-likeness (QED) is 0.237. The zero-order valence-corrected chi connectivity index (χ0v) is 19.0. The summed E-state index contributed by atoms with van der Waals surface area (Å²) in [7, 11) is 0. The minimum atomic E-state index is -0.475. The molecule has 0 N–H and O–H groups in total. The molecular weight excluding hydrogens is 442 g/mol. The lowest BCUT2D eigenvalue weighted by Gasteiger charge is -2.13. The predicted molar refractivity (Wildman–Crippen MR) is 133 cm³/mol. The fraction of sp³-hybridized carbons (Fsp3) is 0.138. The van der Waals surface area contributed by atoms with Crippen LogP contribution in [0.2, 0.25) is 0 Å². The summed E-state index contributed by atoms with van der Waals surface area (Å²) >= 11 is 0. The zero-order chi connectivity index (χ0) is 23.9. The number of benzene rings is 2. The van der Waals surface area contributed by atoms with Gasteiger partial charge in [-0.3, -0.25) is 0 Å². The molecule has 0 amide bonds. The summed E-state index contributed by atoms with van der Waals surface area (Å²) in [6.45, 7) is 1.89. The molecular formula is C29H21NO5. The van der Waals surface area contributed by atoms with Gasteiger partial charge in [0.1, 0.15) is 18.0 Å². The average molecular weight is 463 g/mol. The second-order valence-corrected chi connectivity index (χ2v) is 8.68. The maximum Gasteiger partial charge on any atom is 0.339 e. The Balaban J connectivity index is 1.40. The van der Waals surface area contributed by atoms with E-state index in [9.17, 15) is 9.59 Å². The number of rotatable bonds is 4. The number of furan rings is 1. The van der Waals surface area contributed by atoms with E-state index in [2.05, 4.69) is 0 Å². The highest BCUT2D eigenvalue weighted by atomic mass is 16.5. The van der Waals surface area contributed by atoms with Crippen LogP contribution in [-0.4, -0.2) is 11.0 Å². The number of hydrogen-bond acceptors (Lipinski definition) is 6. The molecule has 0 radical (unpaired) electrons. The van der Waals surface area contributed by atoms with Gasteiger partial charge in [0.25, 0.3) is 0 Å². The average Bonchev–Trinajstić information content (AvgIpc) is 3.51. The molecule has 1 aliphatic carbocycles. The number of ether oxygens (including phenoxy) is 1. The van der Waals surface area contributed by atoms with Gasteiger partial charge >= 0.3 is 11.6 Å². The minimum Gasteiger partial charge on any atom is -0.465 e. The first-order valence-corrected chi connectivity index (χ1v) is 11.4. The molecule has 35 heavy (non-hydrogen) atoms. The molecule has 0 atom stereocenters. The van der Waals surface area contributed by atoms with Crippen LogP contribution in [0.3, 0.4) is 0 Å². The summed E-state index contributed by atoms with van der Waals surface area (Å²) in [4.78, 5) is 30.5. The molecule has 0 spiro atoms. The van der Waals surface area contributed by atoms with Crippen LogP contribution in [-0.2, 0) is 17.8 Å². The third-order valence-corrected chi connectivity index (χ3v) is 6.35. The zero-order valence-electron chi connectivity index (χ0n) is 19.0. The monoisotopic (exact) mass is 463 g/mol. The standard InChI is InChI=1S/C29H21NO5/c1-17-8-10-21-19(15-26(31)35-25(21)13-17)16-34-29(32)27-22-6-2-3-7-24(22)30-28-18(9-11-23(27)28)14-20-5-4-12-33-20/h2-8,10,12-15H,9,11,16H2,1H3/b18-14+. The van der Waals surface area contributed by atoms with Crippen LogP contribution in [0.25, 0.3) is 33.5 Å². The van der Waals surface area contributed by atoms with E-state index in [4.69, 9.17) is 18.6 Å². The third kappa shape index (κ3) is 3.83. The maximum atomic E-state index is 13.5. The van der Waals surface area contributed by atoms with Crippen LogP contribution in [0.15, 0.2) is 80.6 Å². The van der Waals surface area contributed by atoms with E-state index in [0.29, 0.717) is 23.1 Å². The van der Waals surface area contributed by atoms with Crippen molar-refractivity contribution >= 4 is 39.5 Å². The summed E-state index contributed by atoms with van der Waals surface area (Å²) < 4.78 is 16.6. The van der Waals surface area contributed by atoms with Gasteiger partial charge in [-0.15, -0.1) is 0 Å². The molecule has 0 aliphatic heterocycles. The van der Waals surface area contributed by atoms with Gasteiger partial charge in [-0.2, -0.15) is 0 Å². The summed E-state index contributed by atoms with van der Waals surface area (Å²) in [5, 5.41) is 1.50. The SMILES string of the molecule is Cc1ccc2c(COC(=O)c3c4c(nc5ccccc35)/C(=C/c3ccco3)CC4)cc(=O)oc2c1. The normalized spacial score (nSPS) is 14.0. The first-order chi connectivity index (χ1) is 17.1. The van der Waals surface area contributed by atoms with E-state index in [-0.39, 0.29) is 6.61 Å². The van der Waals surface area contributed by atoms with Gasteiger partial charge in [0, 0.05) is 22.4 Å². The molecule has 1 aliphatic rings. The third-order valence-electron chi connectivity index (χ3n) is 6.35. The molecule has 2 aromatic carbocycles. The van der Waals surface area contributed by atoms with Crippen molar-refractivity contribution in [2.24, 2.45) is 0 Å². The molecule has 0 bridgehead atoms. The molecule has 6 heteroatoms. The lowest BCUT2D eigenvalue weighted by atomic mass is 10.0. The molecule has 172 valence electrons. The molecule has 0 unspecified atom stereocenters. The Labute approximate surface area is 200 Å². The number of fused-ring (bicyclic) bond motifs is 3. The minimum absolute atomic E-state index is 0.0372. The van der Waals surface area contributed by atoms with Gasteiger partial charge < -0.3 is 13.6 Å². The van der Waals surface area contributed by atoms with Crippen LogP contribution >= 0.6 is 0 Å². The largest absolute Gasteiger partial charge is 0.465 e. The maximum absolute atomic E-state index is 13.5. The van der Waals surface area contributed by atoms with Crippen LogP contribution in [0.1, 0.15) is 44.9 Å². The van der Waals surface area contributed by atoms with E-state index in [1.807, 2.05) is 61.5 Å². The van der Waals surface area contributed by atoms with Gasteiger partial charge in [-0.1, -0.05) is 30.3 Å². The predicted octanol–water partition coefficient (Wildman–Crippen LogP) is 6.09. The van der Waals surface area contributed by atoms with E-state index in [1.54, 1.807) is 12.3 Å². The van der Waals surface area contributed by atoms with Crippen molar-refractivity contribution < 1.29 is 18.4 Å². The molecule has 0 fully saturated rings. The van der Waals surface area contributed by atoms with Crippen LogP contribution in [0.5, 0.6) is 0 Å². The number of aromatic nitrogens is 1. The number of hydrogen-bond donors (Lipinski definition) is 0. The van der Waals surface area contributed by atoms with Crippen molar-refractivity contribution in [1.82, 2.24) is 4.98 Å². The number of pyridine rings is 1. The second kappa shape index (κ2) is 8.40. The molecule has 0 saturated carbocycles. The highest BCUT2D eigenvalue weighted by Crippen LogP contribution is 2.38. The first-order valence-electron chi connectivity index (χ1n) is 11.4. The Hall–Kier alpha value is -4.45. The molecule has 3 aromatic heterocycles. The summed E-state index contributed by atoms with van der Waals surface area (Å²) in [5.74, 6) is 0.310. The summed E-state index contributed by atoms with van der Waals surface area (Å²) in [6, 6.07) is 18.3. The van der Waals surface area contributed by atoms with Crippen LogP contribution in [0.4, 0.5) is 0 Å². The summed E-state index contributed by atoms with van der Waals surface area (Å²) in [6.07, 6.45) is 5.04. The van der Waals surface area contributed by atoms with Crippen LogP contribution < -0.4 is 5.63 Å². The Morgan fingerprint density at radius 1 is 1.06 bits per heavy atom. The molecule has 3 heterocycles. The van der Waals surface area contributed by atoms with Gasteiger partial charge in [-0.05, 0) is 66.8 Å². The van der Waals surface area contributed by atoms with Gasteiger partial charge in [0.15, 0.2) is 0 Å². The Morgan fingerprint density at radius 2 is 1.94 bits per heavy atom. The van der Waals surface area contributed by atoms with E-state index in [1.165, 1.54) is 6.07 Å². The molecule has 5 aromatic rings. The number of allylic oxidation sites excluding steroid dienone is 1. The molecule has 0 saturated heterocycles. The highest BCUT2D eigenvalue weighted by molar-refractivity contribution is 6.07. The van der Waals surface area contributed by atoms with E-state index in [0.717, 1.165) is 50.9 Å². The van der Waals surface area contributed by atoms with Crippen molar-refractivity contribution in [2.45, 2.75) is 26.4 Å². The number of carbonyl (C=O) groups is 1. The number of nitrogens with zero attached hydrogens (tertiary/aromatic N) is 1. The lowest BCUT2D eigenvalue weighted by Crippen LogP contribution is -2.11. The first kappa shape index (κ1) is 21.1. The fourth-order valence-corrected chi connectivity index (χ4v) is 4.73. The Morgan fingerprint density at radius 3 is 2.80 bits per heavy atom. The van der Waals surface area contributed by atoms with Gasteiger partial charge in [0.05, 0.1) is 23.0 Å². The number of para-hydroxylation sites is 1. The smallest absolute Gasteiger partial charge is 0.339 e. The lowest BCUT2D eigenvalue weighted by molar-refractivity contribution is 0.0475. The second-order valence-electron chi connectivity index (χ2n) is 8.68. The Bertz CT molecular complexity index is 1690. The van der Waals surface area contributed by atoms with Crippen molar-refractivity contribution in [3.63, 3.8) is 0 Å². The van der Waals surface area contributed by atoms with Crippen LogP contribution in [0, 0.1) is 6.92 Å². The number of carbonyl (C=O) groups excluding carboxylic acids is 1. The summed E-state index contributed by atoms with van der Waals surface area (Å²) in [5.41, 5.74) is 5.54. The van der Waals surface area contributed by atoms with Crippen molar-refractivity contribution in [3.05, 3.63) is 111 Å². The van der Waals surface area contributed by atoms with Gasteiger partial charge in [0.2, 0.25) is 0 Å². The molecule has 6 nitrogen and oxygen atoms in total. The van der Waals surface area contributed by atoms with Crippen molar-refractivity contribution in [3.8, 4) is 0 Å².